The summed E-state index contributed by atoms with van der Waals surface area (Å²) in [4.78, 5) is 48.1. The summed E-state index contributed by atoms with van der Waals surface area (Å²) in [7, 11) is 0. The van der Waals surface area contributed by atoms with Crippen molar-refractivity contribution in [1.82, 2.24) is 0 Å². The highest BCUT2D eigenvalue weighted by Gasteiger charge is 2.29. The van der Waals surface area contributed by atoms with Crippen LogP contribution in [0, 0.1) is 0 Å². The normalized spacial score (nSPS) is 11.4. The molecule has 0 fully saturated rings. The van der Waals surface area contributed by atoms with Gasteiger partial charge in [0.1, 0.15) is 11.5 Å². The molecule has 1 atom stereocenters. The average Bonchev–Trinajstić information content (AvgIpc) is 2.98. The van der Waals surface area contributed by atoms with Gasteiger partial charge in [-0.25, -0.2) is 9.59 Å². The Bertz CT molecular complexity index is 1140. The van der Waals surface area contributed by atoms with Crippen molar-refractivity contribution < 1.29 is 38.9 Å². The second-order valence-corrected chi connectivity index (χ2v) is 10.6. The Hall–Kier alpha value is -4.08. The lowest BCUT2D eigenvalue weighted by Gasteiger charge is -2.17. The Morgan fingerprint density at radius 1 is 0.744 bits per heavy atom. The molecule has 10 heteroatoms. The smallest absolute Gasteiger partial charge is 0.354 e. The van der Waals surface area contributed by atoms with E-state index in [9.17, 15) is 24.3 Å². The molecule has 0 heterocycles. The standard InChI is InChI=1S/C33H46N2O8/c1-2-3-4-5-6-7-8-9-10-11-12-13-17-20-29(36)35-27-23-25(21-22-28(27)42-24-30(37)38)34-32(39)31(33(40)41)43-26-18-15-14-16-19-26/h14-16,18-19,21-23,31H,2-13,17,20,24H2,1H3,(H,34,39)(H,35,36)(H,37,38)(H,40,41). The van der Waals surface area contributed by atoms with Gasteiger partial charge in [-0.3, -0.25) is 9.59 Å². The number of benzene rings is 2. The third-order valence-electron chi connectivity index (χ3n) is 6.84. The average molecular weight is 599 g/mol. The van der Waals surface area contributed by atoms with Crippen LogP contribution in [0.15, 0.2) is 48.5 Å². The number of anilines is 2. The van der Waals surface area contributed by atoms with Gasteiger partial charge in [-0.15, -0.1) is 0 Å². The van der Waals surface area contributed by atoms with Crippen LogP contribution in [0.4, 0.5) is 11.4 Å². The minimum absolute atomic E-state index is 0.106. The topological polar surface area (TPSA) is 151 Å². The van der Waals surface area contributed by atoms with E-state index in [-0.39, 0.29) is 35.2 Å². The third-order valence-corrected chi connectivity index (χ3v) is 6.84. The first-order chi connectivity index (χ1) is 20.8. The molecule has 2 amide bonds. The zero-order chi connectivity index (χ0) is 31.3. The van der Waals surface area contributed by atoms with Gasteiger partial charge < -0.3 is 30.3 Å². The highest BCUT2D eigenvalue weighted by molar-refractivity contribution is 6.07. The van der Waals surface area contributed by atoms with Gasteiger partial charge in [-0.2, -0.15) is 0 Å². The van der Waals surface area contributed by atoms with E-state index in [1.807, 2.05) is 0 Å². The minimum atomic E-state index is -1.82. The number of carbonyl (C=O) groups excluding carboxylic acids is 2. The molecule has 0 saturated carbocycles. The molecular formula is C33H46N2O8. The van der Waals surface area contributed by atoms with E-state index in [2.05, 4.69) is 17.6 Å². The lowest BCUT2D eigenvalue weighted by Crippen LogP contribution is -2.39. The number of hydrogen-bond acceptors (Lipinski definition) is 6. The number of hydrogen-bond donors (Lipinski definition) is 4. The number of aliphatic carboxylic acids is 2. The second-order valence-electron chi connectivity index (χ2n) is 10.6. The lowest BCUT2D eigenvalue weighted by atomic mass is 10.0. The van der Waals surface area contributed by atoms with Crippen molar-refractivity contribution in [2.75, 3.05) is 17.2 Å². The van der Waals surface area contributed by atoms with E-state index in [1.165, 1.54) is 88.1 Å². The Morgan fingerprint density at radius 2 is 1.33 bits per heavy atom. The SMILES string of the molecule is CCCCCCCCCCCCCCCC(=O)Nc1cc(NC(=O)C(Oc2ccccc2)C(=O)O)ccc1OCC(=O)O. The molecular weight excluding hydrogens is 552 g/mol. The van der Waals surface area contributed by atoms with Crippen LogP contribution in [0.2, 0.25) is 0 Å². The van der Waals surface area contributed by atoms with Gasteiger partial charge in [0.2, 0.25) is 5.91 Å². The van der Waals surface area contributed by atoms with E-state index in [0.717, 1.165) is 19.3 Å². The van der Waals surface area contributed by atoms with Gasteiger partial charge in [0, 0.05) is 12.1 Å². The fourth-order valence-electron chi connectivity index (χ4n) is 4.55. The first kappa shape index (κ1) is 35.1. The van der Waals surface area contributed by atoms with Crippen molar-refractivity contribution in [2.24, 2.45) is 0 Å². The molecule has 2 aromatic rings. The van der Waals surface area contributed by atoms with Crippen LogP contribution in [0.1, 0.15) is 96.8 Å². The molecule has 43 heavy (non-hydrogen) atoms. The van der Waals surface area contributed by atoms with E-state index in [1.54, 1.807) is 18.2 Å². The largest absolute Gasteiger partial charge is 0.480 e. The van der Waals surface area contributed by atoms with Crippen LogP contribution in [-0.4, -0.2) is 46.7 Å². The monoisotopic (exact) mass is 598 g/mol. The van der Waals surface area contributed by atoms with Crippen molar-refractivity contribution in [3.05, 3.63) is 48.5 Å². The number of unbranched alkanes of at least 4 members (excludes halogenated alkanes) is 12. The number of ether oxygens (including phenoxy) is 2. The molecule has 0 aliphatic rings. The number of para-hydroxylation sites is 1. The van der Waals surface area contributed by atoms with Crippen LogP contribution < -0.4 is 20.1 Å². The van der Waals surface area contributed by atoms with E-state index >= 15 is 0 Å². The zero-order valence-corrected chi connectivity index (χ0v) is 25.1. The maximum atomic E-state index is 12.7. The van der Waals surface area contributed by atoms with Gasteiger partial charge in [0.15, 0.2) is 6.61 Å². The molecule has 0 aliphatic carbocycles. The Labute approximate surface area is 254 Å². The second kappa shape index (κ2) is 20.7. The number of carbonyl (C=O) groups is 4. The summed E-state index contributed by atoms with van der Waals surface area (Å²) in [5.74, 6) is -3.56. The molecule has 2 aromatic carbocycles. The summed E-state index contributed by atoms with van der Waals surface area (Å²) in [5.41, 5.74) is 0.335. The molecule has 0 aromatic heterocycles. The maximum Gasteiger partial charge on any atom is 0.354 e. The number of amides is 2. The van der Waals surface area contributed by atoms with Gasteiger partial charge in [0.05, 0.1) is 5.69 Å². The predicted molar refractivity (Wildman–Crippen MR) is 166 cm³/mol. The molecule has 0 aliphatic heterocycles. The summed E-state index contributed by atoms with van der Waals surface area (Å²) in [6.45, 7) is 1.61. The van der Waals surface area contributed by atoms with Crippen LogP contribution in [0.25, 0.3) is 0 Å². The number of carboxylic acids is 2. The molecule has 0 bridgehead atoms. The first-order valence-electron chi connectivity index (χ1n) is 15.3. The van der Waals surface area contributed by atoms with Gasteiger partial charge >= 0.3 is 11.9 Å². The van der Waals surface area contributed by atoms with Gasteiger partial charge in [-0.1, -0.05) is 102 Å². The Kier molecular flexibility index (Phi) is 16.9. The fraction of sp³-hybridized carbons (Fsp3) is 0.515. The summed E-state index contributed by atoms with van der Waals surface area (Å²) in [5, 5.41) is 23.7. The molecule has 1 unspecified atom stereocenters. The zero-order valence-electron chi connectivity index (χ0n) is 25.1. The molecule has 0 spiro atoms. The van der Waals surface area contributed by atoms with Crippen molar-refractivity contribution in [1.29, 1.82) is 0 Å². The van der Waals surface area contributed by atoms with E-state index in [4.69, 9.17) is 14.6 Å². The molecule has 4 N–H and O–H groups in total. The molecule has 236 valence electrons. The number of rotatable bonds is 23. The summed E-state index contributed by atoms with van der Waals surface area (Å²) >= 11 is 0. The highest BCUT2D eigenvalue weighted by Crippen LogP contribution is 2.29. The van der Waals surface area contributed by atoms with Crippen LogP contribution >= 0.6 is 0 Å². The third kappa shape index (κ3) is 15.1. The summed E-state index contributed by atoms with van der Waals surface area (Å²) < 4.78 is 10.6. The van der Waals surface area contributed by atoms with E-state index in [0.29, 0.717) is 6.42 Å². The quantitative estimate of drug-likeness (QED) is 0.0785. The van der Waals surface area contributed by atoms with Crippen molar-refractivity contribution in [3.8, 4) is 11.5 Å². The summed E-state index contributed by atoms with van der Waals surface area (Å²) in [6, 6.07) is 12.3. The summed E-state index contributed by atoms with van der Waals surface area (Å²) in [6.07, 6.45) is 14.0. The minimum Gasteiger partial charge on any atom is -0.480 e. The van der Waals surface area contributed by atoms with Crippen molar-refractivity contribution in [2.45, 2.75) is 103 Å². The Morgan fingerprint density at radius 3 is 1.88 bits per heavy atom. The molecule has 0 saturated heterocycles. The highest BCUT2D eigenvalue weighted by atomic mass is 16.5. The van der Waals surface area contributed by atoms with Crippen LogP contribution in [0.5, 0.6) is 11.5 Å². The van der Waals surface area contributed by atoms with Crippen molar-refractivity contribution in [3.63, 3.8) is 0 Å². The maximum absolute atomic E-state index is 12.7. The van der Waals surface area contributed by atoms with Gasteiger partial charge in [-0.05, 0) is 36.8 Å². The van der Waals surface area contributed by atoms with Gasteiger partial charge in [0.25, 0.3) is 12.0 Å². The molecule has 10 nitrogen and oxygen atoms in total. The lowest BCUT2D eigenvalue weighted by molar-refractivity contribution is -0.149. The fourth-order valence-corrected chi connectivity index (χ4v) is 4.55. The first-order valence-corrected chi connectivity index (χ1v) is 15.3. The number of nitrogens with one attached hydrogen (secondary N) is 2. The van der Waals surface area contributed by atoms with Crippen LogP contribution in [0.3, 0.4) is 0 Å². The van der Waals surface area contributed by atoms with Crippen molar-refractivity contribution >= 4 is 35.1 Å². The van der Waals surface area contributed by atoms with E-state index < -0.39 is 30.6 Å². The Balaban J connectivity index is 1.84. The predicted octanol–water partition coefficient (Wildman–Crippen LogP) is 7.04. The molecule has 2 rings (SSSR count). The molecule has 0 radical (unpaired) electrons. The number of carboxylic acid groups (broad SMARTS) is 2. The van der Waals surface area contributed by atoms with Crippen LogP contribution in [-0.2, 0) is 19.2 Å².